The Kier molecular flexibility index (Phi) is 6.62. The first kappa shape index (κ1) is 20.1. The molecule has 2 rings (SSSR count). The zero-order valence-electron chi connectivity index (χ0n) is 14.8. The molecule has 1 aromatic carbocycles. The van der Waals surface area contributed by atoms with Gasteiger partial charge in [0, 0.05) is 11.6 Å². The van der Waals surface area contributed by atoms with Gasteiger partial charge < -0.3 is 25.7 Å². The molecule has 27 heavy (non-hydrogen) atoms. The van der Waals surface area contributed by atoms with E-state index in [1.54, 1.807) is 13.8 Å². The molecule has 10 heteroatoms. The molecule has 1 heterocycles. The van der Waals surface area contributed by atoms with Gasteiger partial charge >= 0.3 is 5.97 Å². The second kappa shape index (κ2) is 8.91. The first-order chi connectivity index (χ1) is 12.9. The second-order valence-corrected chi connectivity index (χ2v) is 5.52. The summed E-state index contributed by atoms with van der Waals surface area (Å²) >= 11 is 6.34. The van der Waals surface area contributed by atoms with Crippen LogP contribution in [0.2, 0.25) is 5.02 Å². The third-order valence-electron chi connectivity index (χ3n) is 3.31. The van der Waals surface area contributed by atoms with Crippen LogP contribution in [0.1, 0.15) is 19.4 Å². The molecule has 0 radical (unpaired) electrons. The van der Waals surface area contributed by atoms with Crippen LogP contribution < -0.4 is 20.9 Å². The maximum absolute atomic E-state index is 11.5. The summed E-state index contributed by atoms with van der Waals surface area (Å²) in [5.74, 6) is -0.133. The summed E-state index contributed by atoms with van der Waals surface area (Å²) in [6.45, 7) is 3.75. The number of nitrogens with zero attached hydrogens (tertiary/aromatic N) is 3. The van der Waals surface area contributed by atoms with Crippen LogP contribution >= 0.6 is 11.6 Å². The molecule has 0 amide bonds. The fraction of sp³-hybridized carbons (Fsp3) is 0.294. The van der Waals surface area contributed by atoms with Gasteiger partial charge in [-0.1, -0.05) is 11.6 Å². The van der Waals surface area contributed by atoms with Gasteiger partial charge in [-0.15, -0.1) is 0 Å². The Hall–Kier alpha value is -3.25. The number of halogens is 1. The molecule has 9 nitrogen and oxygen atoms in total. The van der Waals surface area contributed by atoms with E-state index < -0.39 is 5.97 Å². The number of hydrogen-bond acceptors (Lipinski definition) is 9. The van der Waals surface area contributed by atoms with Gasteiger partial charge in [0.15, 0.2) is 18.1 Å². The van der Waals surface area contributed by atoms with Crippen LogP contribution in [0.25, 0.3) is 11.3 Å². The van der Waals surface area contributed by atoms with Crippen molar-refractivity contribution in [3.8, 4) is 28.8 Å². The Balaban J connectivity index is 2.50. The van der Waals surface area contributed by atoms with E-state index in [1.807, 2.05) is 6.07 Å². The number of carbonyl (C=O) groups is 1. The van der Waals surface area contributed by atoms with Crippen LogP contribution in [0.15, 0.2) is 12.1 Å². The van der Waals surface area contributed by atoms with Crippen molar-refractivity contribution in [1.29, 1.82) is 5.26 Å². The fourth-order valence-electron chi connectivity index (χ4n) is 2.24. The maximum atomic E-state index is 11.5. The molecule has 1 aromatic heterocycles. The van der Waals surface area contributed by atoms with E-state index >= 15 is 0 Å². The molecule has 0 bridgehead atoms. The fourth-order valence-corrected chi connectivity index (χ4v) is 2.48. The molecule has 0 saturated heterocycles. The van der Waals surface area contributed by atoms with Crippen molar-refractivity contribution in [2.45, 2.75) is 13.8 Å². The minimum absolute atomic E-state index is 0.0359. The lowest BCUT2D eigenvalue weighted by atomic mass is 10.1. The van der Waals surface area contributed by atoms with Gasteiger partial charge in [-0.05, 0) is 19.9 Å². The van der Waals surface area contributed by atoms with E-state index in [2.05, 4.69) is 9.97 Å². The van der Waals surface area contributed by atoms with Crippen LogP contribution in [0.5, 0.6) is 11.5 Å². The van der Waals surface area contributed by atoms with Gasteiger partial charge in [-0.25, -0.2) is 9.78 Å². The highest BCUT2D eigenvalue weighted by atomic mass is 35.5. The van der Waals surface area contributed by atoms with Crippen LogP contribution in [-0.4, -0.2) is 35.8 Å². The van der Waals surface area contributed by atoms with Gasteiger partial charge in [0.1, 0.15) is 17.5 Å². The van der Waals surface area contributed by atoms with Crippen molar-refractivity contribution in [3.63, 3.8) is 0 Å². The first-order valence-corrected chi connectivity index (χ1v) is 8.37. The molecule has 0 spiro atoms. The van der Waals surface area contributed by atoms with Gasteiger partial charge in [0.25, 0.3) is 0 Å². The number of nitrogens with two attached hydrogens (primary N) is 2. The Morgan fingerprint density at radius 2 is 1.89 bits per heavy atom. The number of rotatable bonds is 7. The van der Waals surface area contributed by atoms with Crippen molar-refractivity contribution in [2.75, 3.05) is 31.3 Å². The van der Waals surface area contributed by atoms with E-state index in [-0.39, 0.29) is 47.0 Å². The minimum Gasteiger partial charge on any atom is -0.490 e. The number of esters is 1. The number of anilines is 2. The standard InChI is InChI=1S/C17H18ClN5O4/c1-3-25-12-5-9(15-10(7-19)16(20)23-17(21)22-15)11(18)6-13(12)27-8-14(24)26-4-2/h5-6H,3-4,8H2,1-2H3,(H4,20,21,22,23). The average Bonchev–Trinajstić information content (AvgIpc) is 2.61. The third-order valence-corrected chi connectivity index (χ3v) is 3.62. The Labute approximate surface area is 160 Å². The molecule has 0 unspecified atom stereocenters. The minimum atomic E-state index is -0.525. The summed E-state index contributed by atoms with van der Waals surface area (Å²) in [7, 11) is 0. The Bertz CT molecular complexity index is 898. The molecule has 0 aliphatic rings. The van der Waals surface area contributed by atoms with E-state index in [4.69, 9.17) is 37.3 Å². The largest absolute Gasteiger partial charge is 0.490 e. The first-order valence-electron chi connectivity index (χ1n) is 7.99. The molecule has 0 saturated carbocycles. The van der Waals surface area contributed by atoms with Gasteiger partial charge in [0.2, 0.25) is 5.95 Å². The van der Waals surface area contributed by atoms with Gasteiger partial charge in [-0.3, -0.25) is 0 Å². The second-order valence-electron chi connectivity index (χ2n) is 5.11. The third kappa shape index (κ3) is 4.68. The molecule has 142 valence electrons. The summed E-state index contributed by atoms with van der Waals surface area (Å²) in [4.78, 5) is 19.4. The average molecular weight is 392 g/mol. The van der Waals surface area contributed by atoms with Crippen LogP contribution in [-0.2, 0) is 9.53 Å². The summed E-state index contributed by atoms with van der Waals surface area (Å²) in [6, 6.07) is 4.93. The summed E-state index contributed by atoms with van der Waals surface area (Å²) in [6.07, 6.45) is 0. The smallest absolute Gasteiger partial charge is 0.344 e. The SMILES string of the molecule is CCOC(=O)COc1cc(Cl)c(-c2nc(N)nc(N)c2C#N)cc1OCC. The van der Waals surface area contributed by atoms with Crippen molar-refractivity contribution in [1.82, 2.24) is 9.97 Å². The van der Waals surface area contributed by atoms with E-state index in [1.165, 1.54) is 12.1 Å². The van der Waals surface area contributed by atoms with E-state index in [0.29, 0.717) is 17.9 Å². The molecule has 2 aromatic rings. The number of benzene rings is 1. The number of carbonyl (C=O) groups excluding carboxylic acids is 1. The van der Waals surface area contributed by atoms with E-state index in [9.17, 15) is 10.1 Å². The quantitative estimate of drug-likeness (QED) is 0.677. The highest BCUT2D eigenvalue weighted by Gasteiger charge is 2.20. The van der Waals surface area contributed by atoms with Crippen LogP contribution in [0.4, 0.5) is 11.8 Å². The summed E-state index contributed by atoms with van der Waals surface area (Å²) < 4.78 is 15.8. The normalized spacial score (nSPS) is 10.1. The number of nitriles is 1. The molecule has 0 atom stereocenters. The molecule has 0 fully saturated rings. The molecule has 4 N–H and O–H groups in total. The predicted octanol–water partition coefficient (Wildman–Crippen LogP) is 2.17. The number of nitrogen functional groups attached to an aromatic ring is 2. The summed E-state index contributed by atoms with van der Waals surface area (Å²) in [5, 5.41) is 9.56. The highest BCUT2D eigenvalue weighted by Crippen LogP contribution is 2.39. The lowest BCUT2D eigenvalue weighted by molar-refractivity contribution is -0.145. The zero-order valence-corrected chi connectivity index (χ0v) is 15.5. The van der Waals surface area contributed by atoms with Crippen molar-refractivity contribution in [3.05, 3.63) is 22.7 Å². The molecular weight excluding hydrogens is 374 g/mol. The number of ether oxygens (including phenoxy) is 3. The van der Waals surface area contributed by atoms with Gasteiger partial charge in [-0.2, -0.15) is 10.2 Å². The molecule has 0 aliphatic heterocycles. The van der Waals surface area contributed by atoms with Gasteiger partial charge in [0.05, 0.1) is 23.9 Å². The lowest BCUT2D eigenvalue weighted by Crippen LogP contribution is -2.15. The van der Waals surface area contributed by atoms with Crippen LogP contribution in [0, 0.1) is 11.3 Å². The van der Waals surface area contributed by atoms with Crippen molar-refractivity contribution in [2.24, 2.45) is 0 Å². The van der Waals surface area contributed by atoms with Crippen molar-refractivity contribution >= 4 is 29.3 Å². The maximum Gasteiger partial charge on any atom is 0.344 e. The molecular formula is C17H18ClN5O4. The van der Waals surface area contributed by atoms with Crippen LogP contribution in [0.3, 0.4) is 0 Å². The topological polar surface area (TPSA) is 146 Å². The van der Waals surface area contributed by atoms with E-state index in [0.717, 1.165) is 0 Å². The lowest BCUT2D eigenvalue weighted by Gasteiger charge is -2.15. The Morgan fingerprint density at radius 1 is 1.19 bits per heavy atom. The highest BCUT2D eigenvalue weighted by molar-refractivity contribution is 6.33. The summed E-state index contributed by atoms with van der Waals surface area (Å²) in [5.41, 5.74) is 12.0. The monoisotopic (exact) mass is 391 g/mol. The number of hydrogen-bond donors (Lipinski definition) is 2. The Morgan fingerprint density at radius 3 is 2.52 bits per heavy atom. The molecule has 0 aliphatic carbocycles. The predicted molar refractivity (Wildman–Crippen MR) is 99.3 cm³/mol. The number of aromatic nitrogens is 2. The zero-order chi connectivity index (χ0) is 20.0. The van der Waals surface area contributed by atoms with Crippen molar-refractivity contribution < 1.29 is 19.0 Å².